The first-order chi connectivity index (χ1) is 31.5. The zero-order valence-corrected chi connectivity index (χ0v) is 35.5. The van der Waals surface area contributed by atoms with Gasteiger partial charge in [-0.05, 0) is 139 Å². The summed E-state index contributed by atoms with van der Waals surface area (Å²) in [7, 11) is 0. The quantitative estimate of drug-likeness (QED) is 0.167. The molecule has 302 valence electrons. The Balaban J connectivity index is 0.959. The van der Waals surface area contributed by atoms with E-state index in [1.54, 1.807) is 0 Å². The van der Waals surface area contributed by atoms with Gasteiger partial charge in [0.2, 0.25) is 0 Å². The van der Waals surface area contributed by atoms with Gasteiger partial charge in [-0.15, -0.1) is 0 Å². The maximum Gasteiger partial charge on any atom is 0.137 e. The molecule has 0 bridgehead atoms. The summed E-state index contributed by atoms with van der Waals surface area (Å²) >= 11 is 0. The molecule has 0 unspecified atom stereocenters. The average molecular weight is 820 g/mol. The molecule has 0 fully saturated rings. The Labute approximate surface area is 372 Å². The Morgan fingerprint density at radius 1 is 0.344 bits per heavy atom. The van der Waals surface area contributed by atoms with Crippen LogP contribution in [0.2, 0.25) is 0 Å². The van der Waals surface area contributed by atoms with E-state index in [0.29, 0.717) is 0 Å². The van der Waals surface area contributed by atoms with Crippen molar-refractivity contribution in [3.05, 3.63) is 223 Å². The Kier molecular flexibility index (Phi) is 7.95. The lowest BCUT2D eigenvalue weighted by Gasteiger charge is -2.29. The van der Waals surface area contributed by atoms with E-state index in [1.165, 1.54) is 61.2 Å². The third-order valence-electron chi connectivity index (χ3n) is 13.6. The minimum atomic E-state index is -0.148. The standard InChI is InChI=1S/C61H41NO2/c1-61(2)54-22-11-9-18-47(54)48-27-24-44(36-55(48)61)62(43-26-30-57-53(35-43)49-19-10-12-23-56(49)63-57)45-25-28-50-52-21-13-20-51-46(29-31-58(60(51)52)64-59(50)37-45)42-33-40(38-14-5-3-6-15-38)32-41(34-42)39-16-7-4-8-17-39/h3-37H,1-2H3. The number of hydrogen-bond acceptors (Lipinski definition) is 3. The van der Waals surface area contributed by atoms with Crippen LogP contribution in [0.1, 0.15) is 25.0 Å². The van der Waals surface area contributed by atoms with Gasteiger partial charge in [0, 0.05) is 50.3 Å². The maximum atomic E-state index is 7.01. The van der Waals surface area contributed by atoms with E-state index in [9.17, 15) is 0 Å². The van der Waals surface area contributed by atoms with Crippen LogP contribution in [0.25, 0.3) is 88.3 Å². The first-order valence-electron chi connectivity index (χ1n) is 22.1. The molecule has 0 saturated heterocycles. The van der Waals surface area contributed by atoms with Crippen molar-refractivity contribution in [1.29, 1.82) is 0 Å². The van der Waals surface area contributed by atoms with E-state index in [4.69, 9.17) is 9.15 Å². The largest absolute Gasteiger partial charge is 0.456 e. The van der Waals surface area contributed by atoms with Crippen LogP contribution in [0.15, 0.2) is 217 Å². The third-order valence-corrected chi connectivity index (χ3v) is 13.6. The van der Waals surface area contributed by atoms with E-state index >= 15 is 0 Å². The van der Waals surface area contributed by atoms with Crippen LogP contribution in [0.4, 0.5) is 17.1 Å². The molecule has 64 heavy (non-hydrogen) atoms. The molecule has 2 aliphatic rings. The van der Waals surface area contributed by atoms with Crippen LogP contribution < -0.4 is 9.64 Å². The summed E-state index contributed by atoms with van der Waals surface area (Å²) in [4.78, 5) is 2.37. The summed E-state index contributed by atoms with van der Waals surface area (Å²) in [6.45, 7) is 4.68. The lowest BCUT2D eigenvalue weighted by Crippen LogP contribution is -2.16. The highest BCUT2D eigenvalue weighted by molar-refractivity contribution is 6.11. The molecule has 0 atom stereocenters. The predicted molar refractivity (Wildman–Crippen MR) is 265 cm³/mol. The number of benzene rings is 10. The monoisotopic (exact) mass is 819 g/mol. The average Bonchev–Trinajstić information content (AvgIpc) is 3.83. The highest BCUT2D eigenvalue weighted by Gasteiger charge is 2.36. The van der Waals surface area contributed by atoms with E-state index in [2.05, 4.69) is 219 Å². The lowest BCUT2D eigenvalue weighted by atomic mass is 9.82. The number of ether oxygens (including phenoxy) is 1. The summed E-state index contributed by atoms with van der Waals surface area (Å²) in [5.74, 6) is 1.69. The summed E-state index contributed by atoms with van der Waals surface area (Å²) in [6, 6.07) is 76.7. The van der Waals surface area contributed by atoms with E-state index in [0.717, 1.165) is 66.8 Å². The second-order valence-electron chi connectivity index (χ2n) is 17.7. The molecule has 10 aromatic carbocycles. The van der Waals surface area contributed by atoms with Crippen LogP contribution >= 0.6 is 0 Å². The van der Waals surface area contributed by atoms with Crippen molar-refractivity contribution < 1.29 is 9.15 Å². The molecule has 0 spiro atoms. The van der Waals surface area contributed by atoms with E-state index in [-0.39, 0.29) is 5.41 Å². The first-order valence-corrected chi connectivity index (χ1v) is 22.1. The van der Waals surface area contributed by atoms with Gasteiger partial charge >= 0.3 is 0 Å². The summed E-state index contributed by atoms with van der Waals surface area (Å²) in [5, 5.41) is 4.48. The third kappa shape index (κ3) is 5.60. The fourth-order valence-electron chi connectivity index (χ4n) is 10.5. The van der Waals surface area contributed by atoms with Gasteiger partial charge in [-0.1, -0.05) is 147 Å². The van der Waals surface area contributed by atoms with Crippen LogP contribution in [0.3, 0.4) is 0 Å². The number of fused-ring (bicyclic) bond motifs is 8. The van der Waals surface area contributed by atoms with Crippen molar-refractivity contribution in [2.75, 3.05) is 4.90 Å². The Morgan fingerprint density at radius 3 is 1.72 bits per heavy atom. The summed E-state index contributed by atoms with van der Waals surface area (Å²) < 4.78 is 13.3. The van der Waals surface area contributed by atoms with Crippen molar-refractivity contribution in [3.63, 3.8) is 0 Å². The lowest BCUT2D eigenvalue weighted by molar-refractivity contribution is 0.487. The molecule has 0 amide bonds. The van der Waals surface area contributed by atoms with Gasteiger partial charge in [-0.25, -0.2) is 0 Å². The number of rotatable bonds is 6. The molecule has 0 radical (unpaired) electrons. The molecule has 0 saturated carbocycles. The zero-order chi connectivity index (χ0) is 42.5. The Hall–Kier alpha value is -8.14. The van der Waals surface area contributed by atoms with Gasteiger partial charge < -0.3 is 14.1 Å². The van der Waals surface area contributed by atoms with Gasteiger partial charge in [-0.2, -0.15) is 0 Å². The summed E-state index contributed by atoms with van der Waals surface area (Å²) in [5.41, 5.74) is 19.4. The molecular weight excluding hydrogens is 779 g/mol. The van der Waals surface area contributed by atoms with Crippen molar-refractivity contribution in [2.24, 2.45) is 0 Å². The zero-order valence-electron chi connectivity index (χ0n) is 35.5. The summed E-state index contributed by atoms with van der Waals surface area (Å²) in [6.07, 6.45) is 0. The second kappa shape index (κ2) is 13.9. The first kappa shape index (κ1) is 36.5. The number of nitrogens with zero attached hydrogens (tertiary/aromatic N) is 1. The maximum absolute atomic E-state index is 7.01. The van der Waals surface area contributed by atoms with Gasteiger partial charge in [0.25, 0.3) is 0 Å². The topological polar surface area (TPSA) is 25.6 Å². The minimum Gasteiger partial charge on any atom is -0.456 e. The minimum absolute atomic E-state index is 0.148. The molecule has 13 rings (SSSR count). The smallest absolute Gasteiger partial charge is 0.137 e. The molecule has 1 aromatic heterocycles. The molecule has 3 heteroatoms. The fraction of sp³-hybridized carbons (Fsp3) is 0.0492. The van der Waals surface area contributed by atoms with Crippen LogP contribution in [0, 0.1) is 0 Å². The predicted octanol–water partition coefficient (Wildman–Crippen LogP) is 17.3. The van der Waals surface area contributed by atoms with Crippen molar-refractivity contribution in [2.45, 2.75) is 19.3 Å². The van der Waals surface area contributed by atoms with Crippen molar-refractivity contribution in [3.8, 4) is 67.1 Å². The fourth-order valence-corrected chi connectivity index (χ4v) is 10.5. The molecular formula is C61H41NO2. The number of para-hydroxylation sites is 1. The van der Waals surface area contributed by atoms with Gasteiger partial charge in [0.05, 0.1) is 0 Å². The number of anilines is 3. The normalized spacial score (nSPS) is 13.1. The van der Waals surface area contributed by atoms with Gasteiger partial charge in [0.15, 0.2) is 0 Å². The SMILES string of the molecule is CC1(C)c2ccccc2-c2ccc(N(c3ccc4c(c3)Oc3ccc(-c5cc(-c6ccccc6)cc(-c6ccccc6)c5)c5cccc-4c35)c3ccc4oc5ccccc5c4c3)cc21. The van der Waals surface area contributed by atoms with E-state index in [1.807, 2.05) is 12.1 Å². The highest BCUT2D eigenvalue weighted by Crippen LogP contribution is 2.53. The Bertz CT molecular complexity index is 3620. The molecule has 2 heterocycles. The van der Waals surface area contributed by atoms with Gasteiger partial charge in [0.1, 0.15) is 22.7 Å². The van der Waals surface area contributed by atoms with Crippen molar-refractivity contribution in [1.82, 2.24) is 0 Å². The Morgan fingerprint density at radius 2 is 0.922 bits per heavy atom. The van der Waals surface area contributed by atoms with Crippen LogP contribution in [-0.2, 0) is 5.41 Å². The highest BCUT2D eigenvalue weighted by atomic mass is 16.5. The van der Waals surface area contributed by atoms with Crippen LogP contribution in [0.5, 0.6) is 11.5 Å². The van der Waals surface area contributed by atoms with Crippen molar-refractivity contribution >= 4 is 49.8 Å². The molecule has 11 aromatic rings. The molecule has 1 aliphatic carbocycles. The second-order valence-corrected chi connectivity index (χ2v) is 17.7. The number of hydrogen-bond donors (Lipinski definition) is 0. The van der Waals surface area contributed by atoms with E-state index < -0.39 is 0 Å². The van der Waals surface area contributed by atoms with Gasteiger partial charge in [-0.3, -0.25) is 0 Å². The number of furan rings is 1. The molecule has 3 nitrogen and oxygen atoms in total. The molecule has 0 N–H and O–H groups in total. The molecule has 1 aliphatic heterocycles. The van der Waals surface area contributed by atoms with Crippen LogP contribution in [-0.4, -0.2) is 0 Å².